The van der Waals surface area contributed by atoms with Crippen molar-refractivity contribution < 1.29 is 38.3 Å². The van der Waals surface area contributed by atoms with Gasteiger partial charge in [-0.15, -0.1) is 0 Å². The van der Waals surface area contributed by atoms with Crippen molar-refractivity contribution in [3.8, 4) is 0 Å². The summed E-state index contributed by atoms with van der Waals surface area (Å²) in [4.78, 5) is 95.4. The molecule has 1 aliphatic heterocycles. The average Bonchev–Trinajstić information content (AvgIpc) is 3.68. The van der Waals surface area contributed by atoms with Crippen LogP contribution >= 0.6 is 0 Å². The van der Waals surface area contributed by atoms with Crippen LogP contribution in [0.15, 0.2) is 30.3 Å². The molecule has 6 atom stereocenters. The minimum Gasteiger partial charge on any atom is -0.444 e. The Bertz CT molecular complexity index is 1430. The molecule has 1 saturated heterocycles. The van der Waals surface area contributed by atoms with Crippen molar-refractivity contribution in [2.75, 3.05) is 20.6 Å². The van der Waals surface area contributed by atoms with Crippen molar-refractivity contribution in [3.05, 3.63) is 35.9 Å². The zero-order valence-corrected chi connectivity index (χ0v) is 31.2. The molecule has 0 aromatic heterocycles. The third-order valence-electron chi connectivity index (χ3n) is 9.26. The highest BCUT2D eigenvalue weighted by Crippen LogP contribution is 2.50. The van der Waals surface area contributed by atoms with Gasteiger partial charge in [-0.2, -0.15) is 0 Å². The molecule has 2 aliphatic rings. The van der Waals surface area contributed by atoms with Gasteiger partial charge in [0.25, 0.3) is 0 Å². The number of ether oxygens (including phenoxy) is 1. The number of alkyl carbamates (subject to hydrolysis) is 1. The summed E-state index contributed by atoms with van der Waals surface area (Å²) in [5.74, 6) is -3.45. The Hall–Kier alpha value is -4.09. The summed E-state index contributed by atoms with van der Waals surface area (Å²) in [6.45, 7) is 12.9. The molecule has 1 aliphatic carbocycles. The molecule has 2 N–H and O–H groups in total. The molecule has 3 rings (SSSR count). The van der Waals surface area contributed by atoms with Crippen LogP contribution in [-0.4, -0.2) is 89.3 Å². The zero-order chi connectivity index (χ0) is 37.6. The van der Waals surface area contributed by atoms with Crippen LogP contribution in [0.1, 0.15) is 105 Å². The van der Waals surface area contributed by atoms with Crippen molar-refractivity contribution >= 4 is 41.2 Å². The second-order valence-corrected chi connectivity index (χ2v) is 16.0. The Balaban J connectivity index is 1.66. The maximum absolute atomic E-state index is 14.0. The number of rotatable bonds is 16. The number of hydrogen-bond acceptors (Lipinski definition) is 8. The number of carbonyl (C=O) groups is 7. The first-order valence-corrected chi connectivity index (χ1v) is 17.7. The number of ketones is 3. The molecule has 276 valence electrons. The van der Waals surface area contributed by atoms with E-state index >= 15 is 0 Å². The van der Waals surface area contributed by atoms with E-state index in [1.165, 1.54) is 9.80 Å². The van der Waals surface area contributed by atoms with E-state index in [1.54, 1.807) is 59.1 Å². The molecule has 12 heteroatoms. The molecule has 1 unspecified atom stereocenters. The van der Waals surface area contributed by atoms with Crippen LogP contribution < -0.4 is 10.6 Å². The lowest BCUT2D eigenvalue weighted by atomic mass is 9.84. The van der Waals surface area contributed by atoms with Crippen LogP contribution in [0.25, 0.3) is 0 Å². The van der Waals surface area contributed by atoms with Gasteiger partial charge in [-0.3, -0.25) is 28.8 Å². The standard InChI is InChI=1S/C38H56N4O8/c1-10-14-24(33(47)28(43)17-18-30(45)39-27(21-31(46)41(8)9)23-15-12-11-13-16-23)20-29(44)32-26-19-25(26)22-42(32)35(48)34(37(2,3)4)40-36(49)50-38(5,6)7/h11-13,15-16,24-27,32,34H,10,14,17-22H2,1-9H3,(H,39,45)(H,40,49)/t24?,25-,26-,27-,32-,34+/m0/s1. The maximum Gasteiger partial charge on any atom is 0.408 e. The van der Waals surface area contributed by atoms with Crippen LogP contribution in [0.2, 0.25) is 0 Å². The topological polar surface area (TPSA) is 159 Å². The number of likely N-dealkylation sites (tertiary alicyclic amines) is 1. The third kappa shape index (κ3) is 11.2. The van der Waals surface area contributed by atoms with Crippen molar-refractivity contribution in [2.45, 2.75) is 117 Å². The van der Waals surface area contributed by atoms with Crippen molar-refractivity contribution in [1.82, 2.24) is 20.4 Å². The molecule has 4 amide bonds. The van der Waals surface area contributed by atoms with Crippen LogP contribution in [0.4, 0.5) is 4.79 Å². The fourth-order valence-electron chi connectivity index (χ4n) is 6.52. The van der Waals surface area contributed by atoms with E-state index in [0.29, 0.717) is 19.4 Å². The van der Waals surface area contributed by atoms with Gasteiger partial charge in [0, 0.05) is 45.8 Å². The number of carbonyl (C=O) groups excluding carboxylic acids is 7. The maximum atomic E-state index is 14.0. The summed E-state index contributed by atoms with van der Waals surface area (Å²) < 4.78 is 5.41. The van der Waals surface area contributed by atoms with Crippen molar-refractivity contribution in [1.29, 1.82) is 0 Å². The minimum atomic E-state index is -0.951. The summed E-state index contributed by atoms with van der Waals surface area (Å²) >= 11 is 0. The number of fused-ring (bicyclic) bond motifs is 1. The number of nitrogens with zero attached hydrogens (tertiary/aromatic N) is 2. The summed E-state index contributed by atoms with van der Waals surface area (Å²) in [5, 5.41) is 5.55. The zero-order valence-electron chi connectivity index (χ0n) is 31.2. The predicted octanol–water partition coefficient (Wildman–Crippen LogP) is 4.40. The lowest BCUT2D eigenvalue weighted by Crippen LogP contribution is -2.58. The molecule has 2 fully saturated rings. The van der Waals surface area contributed by atoms with Crippen molar-refractivity contribution in [2.24, 2.45) is 23.2 Å². The van der Waals surface area contributed by atoms with E-state index in [2.05, 4.69) is 10.6 Å². The highest BCUT2D eigenvalue weighted by Gasteiger charge is 2.58. The van der Waals surface area contributed by atoms with Gasteiger partial charge in [0.15, 0.2) is 11.6 Å². The fraction of sp³-hybridized carbons (Fsp3) is 0.658. The number of nitrogens with one attached hydrogen (secondary N) is 2. The molecule has 1 saturated carbocycles. The molecule has 0 radical (unpaired) electrons. The van der Waals surface area contributed by atoms with Crippen LogP contribution in [0.3, 0.4) is 0 Å². The molecular weight excluding hydrogens is 640 g/mol. The van der Waals surface area contributed by atoms with Gasteiger partial charge < -0.3 is 25.2 Å². The second-order valence-electron chi connectivity index (χ2n) is 16.0. The minimum absolute atomic E-state index is 0.0256. The summed E-state index contributed by atoms with van der Waals surface area (Å²) in [7, 11) is 3.26. The molecule has 1 aromatic rings. The predicted molar refractivity (Wildman–Crippen MR) is 188 cm³/mol. The first kappa shape index (κ1) is 40.3. The fourth-order valence-corrected chi connectivity index (χ4v) is 6.52. The molecule has 50 heavy (non-hydrogen) atoms. The van der Waals surface area contributed by atoms with E-state index in [0.717, 1.165) is 12.0 Å². The second kappa shape index (κ2) is 16.7. The Kier molecular flexibility index (Phi) is 13.5. The molecule has 0 bridgehead atoms. The molecule has 12 nitrogen and oxygen atoms in total. The van der Waals surface area contributed by atoms with Gasteiger partial charge in [-0.05, 0) is 56.4 Å². The number of piperidine rings is 1. The smallest absolute Gasteiger partial charge is 0.408 e. The van der Waals surface area contributed by atoms with Crippen molar-refractivity contribution in [3.63, 3.8) is 0 Å². The number of amides is 4. The average molecular weight is 697 g/mol. The summed E-state index contributed by atoms with van der Waals surface area (Å²) in [5.41, 5.74) is -0.703. The number of Topliss-reactive ketones (excluding diaryl/α,β-unsaturated/α-hetero) is 3. The Morgan fingerprint density at radius 1 is 0.920 bits per heavy atom. The monoisotopic (exact) mass is 696 g/mol. The lowest BCUT2D eigenvalue weighted by Gasteiger charge is -2.37. The molecule has 1 heterocycles. The number of benzene rings is 1. The SMILES string of the molecule is CCCC(CC(=O)[C@@H]1[C@H]2C[C@H]2CN1C(=O)[C@@H](NC(=O)OC(C)(C)C)C(C)(C)C)C(=O)C(=O)CCC(=O)N[C@@H](CC(=O)N(C)C)c1ccccc1. The van der Waals surface area contributed by atoms with Gasteiger partial charge in [0.05, 0.1) is 18.5 Å². The van der Waals surface area contributed by atoms with E-state index in [9.17, 15) is 33.6 Å². The normalized spacial score (nSPS) is 20.1. The van der Waals surface area contributed by atoms with Gasteiger partial charge in [0.1, 0.15) is 11.6 Å². The first-order chi connectivity index (χ1) is 23.2. The highest BCUT2D eigenvalue weighted by atomic mass is 16.6. The van der Waals surface area contributed by atoms with E-state index in [-0.39, 0.29) is 55.1 Å². The quantitative estimate of drug-likeness (QED) is 0.241. The van der Waals surface area contributed by atoms with Gasteiger partial charge in [-0.1, -0.05) is 64.4 Å². The van der Waals surface area contributed by atoms with Crippen LogP contribution in [0.5, 0.6) is 0 Å². The Morgan fingerprint density at radius 3 is 2.12 bits per heavy atom. The van der Waals surface area contributed by atoms with Gasteiger partial charge >= 0.3 is 6.09 Å². The van der Waals surface area contributed by atoms with Gasteiger partial charge in [0.2, 0.25) is 23.5 Å². The Labute approximate surface area is 296 Å². The van der Waals surface area contributed by atoms with E-state index in [1.807, 2.05) is 33.8 Å². The van der Waals surface area contributed by atoms with E-state index in [4.69, 9.17) is 4.74 Å². The van der Waals surface area contributed by atoms with Crippen LogP contribution in [0, 0.1) is 23.2 Å². The van der Waals surface area contributed by atoms with Gasteiger partial charge in [-0.25, -0.2) is 4.79 Å². The van der Waals surface area contributed by atoms with Crippen LogP contribution in [-0.2, 0) is 33.5 Å². The molecular formula is C38H56N4O8. The first-order valence-electron chi connectivity index (χ1n) is 17.7. The highest BCUT2D eigenvalue weighted by molar-refractivity contribution is 6.38. The Morgan fingerprint density at radius 2 is 1.56 bits per heavy atom. The number of hydrogen-bond donors (Lipinski definition) is 2. The lowest BCUT2D eigenvalue weighted by molar-refractivity contribution is -0.144. The summed E-state index contributed by atoms with van der Waals surface area (Å²) in [6, 6.07) is 6.75. The third-order valence-corrected chi connectivity index (χ3v) is 9.26. The van der Waals surface area contributed by atoms with E-state index < -0.39 is 58.6 Å². The molecule has 1 aromatic carbocycles. The summed E-state index contributed by atoms with van der Waals surface area (Å²) in [6.07, 6.45) is 0.208. The largest absolute Gasteiger partial charge is 0.444 e. The molecule has 0 spiro atoms.